The summed E-state index contributed by atoms with van der Waals surface area (Å²) in [5.74, 6) is -0.216. The van der Waals surface area contributed by atoms with Crippen LogP contribution in [-0.2, 0) is 11.3 Å². The van der Waals surface area contributed by atoms with Crippen LogP contribution in [0.3, 0.4) is 0 Å². The Morgan fingerprint density at radius 3 is 2.43 bits per heavy atom. The Bertz CT molecular complexity index is 1140. The number of pyridine rings is 1. The average molecular weight is 539 g/mol. The first-order chi connectivity index (χ1) is 17.3. The van der Waals surface area contributed by atoms with E-state index < -0.39 is 29.0 Å². The zero-order valence-corrected chi connectivity index (χ0v) is 21.7. The molecule has 0 atom stereocenters. The monoisotopic (exact) mass is 538 g/mol. The lowest BCUT2D eigenvalue weighted by atomic mass is 10.0. The van der Waals surface area contributed by atoms with E-state index in [1.54, 1.807) is 26.0 Å². The third kappa shape index (κ3) is 7.35. The highest BCUT2D eigenvalue weighted by molar-refractivity contribution is 8.00. The molecule has 0 spiro atoms. The van der Waals surface area contributed by atoms with Crippen LogP contribution in [0.4, 0.5) is 34.3 Å². The van der Waals surface area contributed by atoms with Gasteiger partial charge in [-0.3, -0.25) is 10.1 Å². The van der Waals surface area contributed by atoms with Gasteiger partial charge in [-0.1, -0.05) is 0 Å². The van der Waals surface area contributed by atoms with Crippen LogP contribution < -0.4 is 15.5 Å². The number of benzene rings is 1. The molecule has 1 aliphatic heterocycles. The zero-order valence-electron chi connectivity index (χ0n) is 20.9. The number of alkyl halides is 3. The van der Waals surface area contributed by atoms with Gasteiger partial charge in [0.1, 0.15) is 11.4 Å². The number of carbonyl (C=O) groups excluding carboxylic acids is 3. The smallest absolute Gasteiger partial charge is 0.338 e. The Balaban J connectivity index is 1.69. The van der Waals surface area contributed by atoms with Gasteiger partial charge in [0.05, 0.1) is 5.69 Å². The van der Waals surface area contributed by atoms with Gasteiger partial charge in [-0.25, -0.2) is 19.5 Å². The molecule has 1 aromatic carbocycles. The fourth-order valence-corrected chi connectivity index (χ4v) is 4.25. The van der Waals surface area contributed by atoms with Gasteiger partial charge in [-0.2, -0.15) is 13.2 Å². The van der Waals surface area contributed by atoms with Crippen molar-refractivity contribution in [1.29, 1.82) is 0 Å². The molecule has 0 radical (unpaired) electrons. The van der Waals surface area contributed by atoms with E-state index in [-0.39, 0.29) is 34.7 Å². The normalized spacial score (nSPS) is 15.5. The number of urea groups is 2. The molecular formula is C24H29F3N6O3S. The van der Waals surface area contributed by atoms with Crippen LogP contribution in [-0.4, -0.2) is 71.0 Å². The molecule has 2 aromatic rings. The number of halogens is 3. The Hall–Kier alpha value is -3.32. The van der Waals surface area contributed by atoms with Crippen molar-refractivity contribution in [1.82, 2.24) is 20.1 Å². The number of hydrogen-bond donors (Lipinski definition) is 2. The summed E-state index contributed by atoms with van der Waals surface area (Å²) in [6, 6.07) is 7.33. The first-order valence-electron chi connectivity index (χ1n) is 11.4. The van der Waals surface area contributed by atoms with Crippen LogP contribution in [0.25, 0.3) is 0 Å². The van der Waals surface area contributed by atoms with Gasteiger partial charge in [0.25, 0.3) is 5.91 Å². The molecule has 5 amide bonds. The van der Waals surface area contributed by atoms with E-state index in [0.717, 1.165) is 17.9 Å². The number of imide groups is 1. The largest absolute Gasteiger partial charge is 0.446 e. The van der Waals surface area contributed by atoms with E-state index in [1.165, 1.54) is 35.4 Å². The van der Waals surface area contributed by atoms with Crippen LogP contribution in [0.1, 0.15) is 25.8 Å². The highest BCUT2D eigenvalue weighted by atomic mass is 32.2. The van der Waals surface area contributed by atoms with Gasteiger partial charge in [-0.15, -0.1) is 0 Å². The number of rotatable bonds is 9. The van der Waals surface area contributed by atoms with Crippen LogP contribution in [0, 0.1) is 0 Å². The molecular weight excluding hydrogens is 509 g/mol. The van der Waals surface area contributed by atoms with E-state index in [4.69, 9.17) is 0 Å². The zero-order chi connectivity index (χ0) is 27.4. The van der Waals surface area contributed by atoms with Gasteiger partial charge in [-0.05, 0) is 94.6 Å². The predicted molar refractivity (Wildman–Crippen MR) is 135 cm³/mol. The van der Waals surface area contributed by atoms with Crippen LogP contribution in [0.2, 0.25) is 0 Å². The molecule has 2 heterocycles. The number of nitrogens with one attached hydrogen (secondary N) is 2. The number of aromatic nitrogens is 1. The highest BCUT2D eigenvalue weighted by Crippen LogP contribution is 2.39. The van der Waals surface area contributed by atoms with Crippen LogP contribution in [0.5, 0.6) is 0 Å². The summed E-state index contributed by atoms with van der Waals surface area (Å²) < 4.78 is 37.9. The topological polar surface area (TPSA) is 97.9 Å². The van der Waals surface area contributed by atoms with E-state index in [9.17, 15) is 27.6 Å². The van der Waals surface area contributed by atoms with Crippen molar-refractivity contribution in [2.75, 3.05) is 37.4 Å². The van der Waals surface area contributed by atoms with Crippen molar-refractivity contribution < 1.29 is 27.6 Å². The maximum absolute atomic E-state index is 13.3. The van der Waals surface area contributed by atoms with Crippen LogP contribution in [0.15, 0.2) is 47.5 Å². The van der Waals surface area contributed by atoms with Crippen molar-refractivity contribution in [3.05, 3.63) is 48.2 Å². The molecule has 0 bridgehead atoms. The molecule has 200 valence electrons. The molecule has 9 nitrogen and oxygen atoms in total. The molecule has 13 heteroatoms. The number of hydrogen-bond acceptors (Lipinski definition) is 6. The number of thioether (sulfide) groups is 1. The third-order valence-corrected chi connectivity index (χ3v) is 6.37. The van der Waals surface area contributed by atoms with Crippen molar-refractivity contribution in [3.63, 3.8) is 0 Å². The summed E-state index contributed by atoms with van der Waals surface area (Å²) in [6.07, 6.45) is 2.27. The number of amides is 5. The standard InChI is InChI=1S/C24H29F3N6O3S/c1-23(2)20(34)33(17-6-8-18(9-7-17)37-24(25,26)27)22(36)32(23)15-16-10-12-28-19(14-16)30-21(35)29-11-5-13-31(3)4/h6-10,12,14H,5,11,13,15H2,1-4H3,(H2,28,29,30,35). The maximum Gasteiger partial charge on any atom is 0.446 e. The highest BCUT2D eigenvalue weighted by Gasteiger charge is 2.51. The summed E-state index contributed by atoms with van der Waals surface area (Å²) >= 11 is -0.274. The lowest BCUT2D eigenvalue weighted by Gasteiger charge is -2.27. The minimum Gasteiger partial charge on any atom is -0.338 e. The molecule has 1 fully saturated rings. The first kappa shape index (κ1) is 28.3. The minimum absolute atomic E-state index is 0.0509. The Morgan fingerprint density at radius 2 is 1.81 bits per heavy atom. The Morgan fingerprint density at radius 1 is 1.14 bits per heavy atom. The molecule has 0 aliphatic carbocycles. The van der Waals surface area contributed by atoms with Gasteiger partial charge in [0.2, 0.25) is 0 Å². The number of carbonyl (C=O) groups is 3. The second-order valence-electron chi connectivity index (χ2n) is 9.20. The lowest BCUT2D eigenvalue weighted by molar-refractivity contribution is -0.123. The first-order valence-corrected chi connectivity index (χ1v) is 12.3. The van der Waals surface area contributed by atoms with Gasteiger partial charge in [0, 0.05) is 24.2 Å². The summed E-state index contributed by atoms with van der Waals surface area (Å²) in [7, 11) is 3.89. The van der Waals surface area contributed by atoms with E-state index in [0.29, 0.717) is 12.1 Å². The minimum atomic E-state index is -4.44. The fourth-order valence-electron chi connectivity index (χ4n) is 3.71. The molecule has 0 saturated carbocycles. The molecule has 37 heavy (non-hydrogen) atoms. The molecule has 0 unspecified atom stereocenters. The summed E-state index contributed by atoms with van der Waals surface area (Å²) in [5.41, 5.74) is -4.84. The van der Waals surface area contributed by atoms with Crippen LogP contribution >= 0.6 is 11.8 Å². The average Bonchev–Trinajstić information content (AvgIpc) is 2.96. The molecule has 1 aromatic heterocycles. The van der Waals surface area contributed by atoms with Crippen molar-refractivity contribution in [3.8, 4) is 0 Å². The number of nitrogens with zero attached hydrogens (tertiary/aromatic N) is 4. The second kappa shape index (κ2) is 11.4. The van der Waals surface area contributed by atoms with Gasteiger partial charge < -0.3 is 15.1 Å². The molecule has 1 aliphatic rings. The predicted octanol–water partition coefficient (Wildman–Crippen LogP) is 4.51. The SMILES string of the molecule is CN(C)CCCNC(=O)Nc1cc(CN2C(=O)N(c3ccc(SC(F)(F)F)cc3)C(=O)C2(C)C)ccn1. The van der Waals surface area contributed by atoms with E-state index >= 15 is 0 Å². The summed E-state index contributed by atoms with van der Waals surface area (Å²) in [5, 5.41) is 5.40. The van der Waals surface area contributed by atoms with Gasteiger partial charge >= 0.3 is 17.6 Å². The Kier molecular flexibility index (Phi) is 8.69. The van der Waals surface area contributed by atoms with Crippen molar-refractivity contribution >= 4 is 41.2 Å². The van der Waals surface area contributed by atoms with E-state index in [2.05, 4.69) is 15.6 Å². The van der Waals surface area contributed by atoms with Gasteiger partial charge in [0.15, 0.2) is 0 Å². The van der Waals surface area contributed by atoms with Crippen molar-refractivity contribution in [2.45, 2.75) is 42.8 Å². The second-order valence-corrected chi connectivity index (χ2v) is 10.3. The summed E-state index contributed by atoms with van der Waals surface area (Å²) in [4.78, 5) is 47.0. The number of anilines is 2. The van der Waals surface area contributed by atoms with Crippen molar-refractivity contribution in [2.24, 2.45) is 0 Å². The summed E-state index contributed by atoms with van der Waals surface area (Å²) in [6.45, 7) is 4.58. The fraction of sp³-hybridized carbons (Fsp3) is 0.417. The maximum atomic E-state index is 13.3. The lowest BCUT2D eigenvalue weighted by Crippen LogP contribution is -2.43. The molecule has 1 saturated heterocycles. The Labute approximate surface area is 217 Å². The quantitative estimate of drug-likeness (QED) is 0.277. The molecule has 2 N–H and O–H groups in total. The third-order valence-electron chi connectivity index (χ3n) is 5.63. The molecule has 3 rings (SSSR count). The van der Waals surface area contributed by atoms with E-state index in [1.807, 2.05) is 19.0 Å².